The van der Waals surface area contributed by atoms with E-state index in [0.717, 1.165) is 25.7 Å². The molecule has 0 heterocycles. The van der Waals surface area contributed by atoms with Crippen molar-refractivity contribution in [3.63, 3.8) is 0 Å². The van der Waals surface area contributed by atoms with Crippen molar-refractivity contribution in [3.05, 3.63) is 82.9 Å². The molecular formula is C31H32F4O3. The van der Waals surface area contributed by atoms with Crippen LogP contribution in [0.1, 0.15) is 80.1 Å². The molecule has 1 aliphatic rings. The molecule has 0 unspecified atom stereocenters. The minimum absolute atomic E-state index is 0.0121. The molecule has 0 radical (unpaired) electrons. The highest BCUT2D eigenvalue weighted by molar-refractivity contribution is 5.91. The van der Waals surface area contributed by atoms with E-state index in [1.165, 1.54) is 81.3 Å². The molecule has 3 aromatic rings. The molecule has 0 spiro atoms. The van der Waals surface area contributed by atoms with Crippen LogP contribution in [0, 0.1) is 29.2 Å². The number of rotatable bonds is 9. The van der Waals surface area contributed by atoms with Gasteiger partial charge in [0.2, 0.25) is 11.6 Å². The van der Waals surface area contributed by atoms with Gasteiger partial charge in [-0.2, -0.15) is 8.78 Å². The van der Waals surface area contributed by atoms with E-state index in [4.69, 9.17) is 9.47 Å². The fraction of sp³-hybridized carbons (Fsp3) is 0.387. The molecule has 0 atom stereocenters. The number of carbonyl (C=O) groups is 1. The van der Waals surface area contributed by atoms with Crippen LogP contribution in [0.3, 0.4) is 0 Å². The molecule has 0 aromatic heterocycles. The number of hydrogen-bond donors (Lipinski definition) is 0. The van der Waals surface area contributed by atoms with E-state index in [-0.39, 0.29) is 22.8 Å². The lowest BCUT2D eigenvalue weighted by Gasteiger charge is -2.29. The molecule has 0 N–H and O–H groups in total. The third-order valence-corrected chi connectivity index (χ3v) is 7.48. The molecule has 7 heteroatoms. The van der Waals surface area contributed by atoms with E-state index in [2.05, 4.69) is 6.92 Å². The van der Waals surface area contributed by atoms with Gasteiger partial charge in [-0.05, 0) is 79.0 Å². The molecule has 1 saturated carbocycles. The lowest BCUT2D eigenvalue weighted by Crippen LogP contribution is -2.16. The van der Waals surface area contributed by atoms with Crippen molar-refractivity contribution in [1.82, 2.24) is 0 Å². The van der Waals surface area contributed by atoms with Gasteiger partial charge in [-0.25, -0.2) is 13.6 Å². The van der Waals surface area contributed by atoms with Crippen LogP contribution >= 0.6 is 0 Å². The molecule has 0 bridgehead atoms. The third kappa shape index (κ3) is 6.03. The second-order valence-corrected chi connectivity index (χ2v) is 9.90. The van der Waals surface area contributed by atoms with Gasteiger partial charge < -0.3 is 9.47 Å². The Bertz CT molecular complexity index is 1270. The Labute approximate surface area is 220 Å². The molecule has 0 amide bonds. The summed E-state index contributed by atoms with van der Waals surface area (Å²) in [5, 5.41) is 0. The summed E-state index contributed by atoms with van der Waals surface area (Å²) in [6.45, 7) is 2.18. The normalized spacial score (nSPS) is 17.3. The summed E-state index contributed by atoms with van der Waals surface area (Å²) in [6.07, 6.45) is 8.48. The Kier molecular flexibility index (Phi) is 9.08. The summed E-state index contributed by atoms with van der Waals surface area (Å²) < 4.78 is 68.2. The fourth-order valence-corrected chi connectivity index (χ4v) is 5.24. The maximum absolute atomic E-state index is 15.0. The largest absolute Gasteiger partial charge is 0.494 e. The van der Waals surface area contributed by atoms with Gasteiger partial charge in [0, 0.05) is 5.56 Å². The minimum atomic E-state index is -1.19. The van der Waals surface area contributed by atoms with Crippen molar-refractivity contribution in [3.8, 4) is 22.6 Å². The summed E-state index contributed by atoms with van der Waals surface area (Å²) in [6, 6.07) is 11.0. The molecule has 38 heavy (non-hydrogen) atoms. The van der Waals surface area contributed by atoms with E-state index in [0.29, 0.717) is 17.0 Å². The zero-order valence-corrected chi connectivity index (χ0v) is 21.7. The van der Waals surface area contributed by atoms with Gasteiger partial charge in [-0.3, -0.25) is 0 Å². The van der Waals surface area contributed by atoms with E-state index in [9.17, 15) is 22.4 Å². The number of carbonyl (C=O) groups excluding carboxylic acids is 1. The monoisotopic (exact) mass is 528 g/mol. The third-order valence-electron chi connectivity index (χ3n) is 7.48. The summed E-state index contributed by atoms with van der Waals surface area (Å²) in [7, 11) is 1.24. The topological polar surface area (TPSA) is 35.5 Å². The van der Waals surface area contributed by atoms with E-state index < -0.39 is 35.0 Å². The maximum atomic E-state index is 15.0. The van der Waals surface area contributed by atoms with Gasteiger partial charge in [0.05, 0.1) is 12.7 Å². The molecule has 1 aliphatic carbocycles. The van der Waals surface area contributed by atoms with Gasteiger partial charge in [-0.1, -0.05) is 50.8 Å². The molecule has 1 fully saturated rings. The number of ether oxygens (including phenoxy) is 2. The van der Waals surface area contributed by atoms with Crippen molar-refractivity contribution in [2.75, 3.05) is 7.11 Å². The number of hydrogen-bond acceptors (Lipinski definition) is 3. The summed E-state index contributed by atoms with van der Waals surface area (Å²) in [5.74, 6) is -5.36. The molecule has 202 valence electrons. The molecular weight excluding hydrogens is 496 g/mol. The van der Waals surface area contributed by atoms with Crippen LogP contribution in [-0.4, -0.2) is 13.1 Å². The van der Waals surface area contributed by atoms with E-state index >= 15 is 0 Å². The highest BCUT2D eigenvalue weighted by Crippen LogP contribution is 2.40. The molecule has 0 saturated heterocycles. The van der Waals surface area contributed by atoms with Gasteiger partial charge in [-0.15, -0.1) is 0 Å². The average molecular weight is 529 g/mol. The van der Waals surface area contributed by atoms with Crippen molar-refractivity contribution >= 4 is 5.97 Å². The Balaban J connectivity index is 1.41. The first-order valence-corrected chi connectivity index (χ1v) is 13.2. The van der Waals surface area contributed by atoms with Gasteiger partial charge in [0.1, 0.15) is 0 Å². The molecule has 3 aromatic carbocycles. The van der Waals surface area contributed by atoms with Crippen LogP contribution in [-0.2, 0) is 0 Å². The van der Waals surface area contributed by atoms with Crippen LogP contribution in [0.5, 0.6) is 11.5 Å². The number of methoxy groups -OCH3 is 1. The van der Waals surface area contributed by atoms with E-state index in [1.54, 1.807) is 0 Å². The maximum Gasteiger partial charge on any atom is 0.343 e. The lowest BCUT2D eigenvalue weighted by atomic mass is 9.77. The minimum Gasteiger partial charge on any atom is -0.494 e. The smallest absolute Gasteiger partial charge is 0.343 e. The van der Waals surface area contributed by atoms with Gasteiger partial charge in [0.25, 0.3) is 0 Å². The predicted molar refractivity (Wildman–Crippen MR) is 139 cm³/mol. The Morgan fingerprint density at radius 1 is 0.789 bits per heavy atom. The quantitative estimate of drug-likeness (QED) is 0.120. The molecule has 4 rings (SSSR count). The standard InChI is InChI=1S/C31H32F4O3/c1-3-4-5-6-19-7-9-20(10-8-19)24-16-18-26(30(35)28(24)33)38-31(36)22-13-11-21(12-14-22)23-15-17-25(37-2)29(34)27(23)32/h11-20H,3-10H2,1-2H3. The number of esters is 1. The van der Waals surface area contributed by atoms with Crippen molar-refractivity contribution in [2.45, 2.75) is 64.2 Å². The van der Waals surface area contributed by atoms with Gasteiger partial charge in [0.15, 0.2) is 23.1 Å². The van der Waals surface area contributed by atoms with Crippen LogP contribution < -0.4 is 9.47 Å². The Morgan fingerprint density at radius 3 is 2.11 bits per heavy atom. The van der Waals surface area contributed by atoms with E-state index in [1.807, 2.05) is 0 Å². The zero-order valence-electron chi connectivity index (χ0n) is 21.7. The van der Waals surface area contributed by atoms with Crippen molar-refractivity contribution < 1.29 is 31.8 Å². The highest BCUT2D eigenvalue weighted by Gasteiger charge is 2.27. The van der Waals surface area contributed by atoms with Crippen molar-refractivity contribution in [2.24, 2.45) is 5.92 Å². The summed E-state index contributed by atoms with van der Waals surface area (Å²) in [4.78, 5) is 12.6. The SMILES string of the molecule is CCCCCC1CCC(c2ccc(OC(=O)c3ccc(-c4ccc(OC)c(F)c4F)cc3)c(F)c2F)CC1. The predicted octanol–water partition coefficient (Wildman–Crippen LogP) is 8.99. The fourth-order valence-electron chi connectivity index (χ4n) is 5.24. The summed E-state index contributed by atoms with van der Waals surface area (Å²) in [5.41, 5.74) is 0.685. The number of halogens is 4. The number of benzene rings is 3. The highest BCUT2D eigenvalue weighted by atomic mass is 19.2. The second kappa shape index (κ2) is 12.5. The first-order chi connectivity index (χ1) is 18.3. The average Bonchev–Trinajstić information content (AvgIpc) is 2.93. The van der Waals surface area contributed by atoms with Crippen LogP contribution in [0.25, 0.3) is 11.1 Å². The van der Waals surface area contributed by atoms with Gasteiger partial charge >= 0.3 is 5.97 Å². The number of unbranched alkanes of at least 4 members (excludes halogenated alkanes) is 2. The Morgan fingerprint density at radius 2 is 1.45 bits per heavy atom. The zero-order chi connectivity index (χ0) is 27.2. The van der Waals surface area contributed by atoms with Crippen molar-refractivity contribution in [1.29, 1.82) is 0 Å². The first-order valence-electron chi connectivity index (χ1n) is 13.2. The first kappa shape index (κ1) is 27.7. The second-order valence-electron chi connectivity index (χ2n) is 9.90. The van der Waals surface area contributed by atoms with Crippen LogP contribution in [0.4, 0.5) is 17.6 Å². The van der Waals surface area contributed by atoms with Crippen LogP contribution in [0.15, 0.2) is 48.5 Å². The Hall–Kier alpha value is -3.35. The van der Waals surface area contributed by atoms with Crippen LogP contribution in [0.2, 0.25) is 0 Å². The summed E-state index contributed by atoms with van der Waals surface area (Å²) >= 11 is 0. The lowest BCUT2D eigenvalue weighted by molar-refractivity contribution is 0.0726. The molecule has 3 nitrogen and oxygen atoms in total. The molecule has 0 aliphatic heterocycles.